The van der Waals surface area contributed by atoms with Crippen LogP contribution in [-0.4, -0.2) is 18.8 Å². The van der Waals surface area contributed by atoms with Crippen molar-refractivity contribution in [2.75, 3.05) is 4.43 Å². The molecule has 1 atom stereocenters. The van der Waals surface area contributed by atoms with Gasteiger partial charge in [-0.25, -0.2) is 0 Å². The molecular weight excluding hydrogens is 502 g/mol. The maximum absolute atomic E-state index is 6.30. The highest BCUT2D eigenvalue weighted by Gasteiger charge is 2.40. The van der Waals surface area contributed by atoms with Crippen LogP contribution in [0.1, 0.15) is 24.0 Å². The van der Waals surface area contributed by atoms with Crippen molar-refractivity contribution < 1.29 is 4.43 Å². The summed E-state index contributed by atoms with van der Waals surface area (Å²) < 4.78 is 7.91. The molecule has 0 aliphatic carbocycles. The molecule has 4 heteroatoms. The molecule has 1 unspecified atom stereocenters. The van der Waals surface area contributed by atoms with Gasteiger partial charge in [0.2, 0.25) is 0 Å². The third-order valence-corrected chi connectivity index (χ3v) is 6.67. The van der Waals surface area contributed by atoms with Gasteiger partial charge in [0.25, 0.3) is 0 Å². The smallest absolute Gasteiger partial charge is 0.147 e. The lowest BCUT2D eigenvalue weighted by Gasteiger charge is -2.39. The van der Waals surface area contributed by atoms with E-state index >= 15 is 0 Å². The summed E-state index contributed by atoms with van der Waals surface area (Å²) in [4.78, 5) is 0. The van der Waals surface area contributed by atoms with Gasteiger partial charge in [0.1, 0.15) is 16.1 Å². The maximum Gasteiger partial charge on any atom is 0.147 e. The largest absolute Gasteiger partial charge is 0.414 e. The Bertz CT molecular complexity index is 494. The molecule has 0 heterocycles. The quantitative estimate of drug-likeness (QED) is 0.301. The lowest BCUT2D eigenvalue weighted by molar-refractivity contribution is 0.124. The Morgan fingerprint density at radius 3 is 1.81 bits per heavy atom. The Morgan fingerprint density at radius 2 is 1.43 bits per heavy atom. The van der Waals surface area contributed by atoms with Crippen LogP contribution < -0.4 is 0 Å². The predicted molar refractivity (Wildman–Crippen MR) is 111 cm³/mol. The Labute approximate surface area is 157 Å². The zero-order valence-electron chi connectivity index (χ0n) is 12.1. The van der Waals surface area contributed by atoms with Gasteiger partial charge in [0.05, 0.1) is 0 Å². The maximum atomic E-state index is 6.30. The van der Waals surface area contributed by atoms with Crippen LogP contribution in [0.5, 0.6) is 0 Å². The summed E-state index contributed by atoms with van der Waals surface area (Å²) in [6.07, 6.45) is 2.38. The third-order valence-electron chi connectivity index (χ3n) is 3.76. The van der Waals surface area contributed by atoms with Crippen LogP contribution in [0.2, 0.25) is 0 Å². The molecule has 0 N–H and O–H groups in total. The highest BCUT2D eigenvalue weighted by atomic mass is 127. The second kappa shape index (κ2) is 8.64. The third kappa shape index (κ3) is 3.89. The van der Waals surface area contributed by atoms with E-state index < -0.39 is 0 Å². The van der Waals surface area contributed by atoms with Gasteiger partial charge in [-0.3, -0.25) is 0 Å². The van der Waals surface area contributed by atoms with Crippen molar-refractivity contribution >= 4 is 55.7 Å². The second-order valence-corrected chi connectivity index (χ2v) is 7.96. The SMILES string of the molecule is [SiH3]OC(c1ccccc1)(c1ccccc1)C(I)CCCI. The van der Waals surface area contributed by atoms with E-state index in [1.807, 2.05) is 0 Å². The Morgan fingerprint density at radius 1 is 0.952 bits per heavy atom. The highest BCUT2D eigenvalue weighted by molar-refractivity contribution is 14.1. The molecule has 2 aromatic carbocycles. The van der Waals surface area contributed by atoms with Gasteiger partial charge in [-0.1, -0.05) is 106 Å². The lowest BCUT2D eigenvalue weighted by Crippen LogP contribution is -2.39. The first-order chi connectivity index (χ1) is 10.3. The number of benzene rings is 2. The van der Waals surface area contributed by atoms with Crippen molar-refractivity contribution in [3.8, 4) is 0 Å². The summed E-state index contributed by atoms with van der Waals surface area (Å²) in [5, 5.41) is 0. The van der Waals surface area contributed by atoms with Gasteiger partial charge in [0.15, 0.2) is 0 Å². The van der Waals surface area contributed by atoms with E-state index in [4.69, 9.17) is 4.43 Å². The van der Waals surface area contributed by atoms with Gasteiger partial charge < -0.3 is 4.43 Å². The van der Waals surface area contributed by atoms with Gasteiger partial charge in [-0.05, 0) is 28.4 Å². The first-order valence-electron chi connectivity index (χ1n) is 7.12. The van der Waals surface area contributed by atoms with Crippen LogP contribution in [-0.2, 0) is 10.0 Å². The normalized spacial score (nSPS) is 13.2. The summed E-state index contributed by atoms with van der Waals surface area (Å²) >= 11 is 5.04. The molecule has 0 aliphatic heterocycles. The molecule has 21 heavy (non-hydrogen) atoms. The van der Waals surface area contributed by atoms with Crippen molar-refractivity contribution in [3.05, 3.63) is 71.8 Å². The van der Waals surface area contributed by atoms with E-state index in [0.29, 0.717) is 14.4 Å². The predicted octanol–water partition coefficient (Wildman–Crippen LogP) is 4.25. The molecule has 2 aromatic rings. The van der Waals surface area contributed by atoms with Crippen LogP contribution in [0.4, 0.5) is 0 Å². The lowest BCUT2D eigenvalue weighted by atomic mass is 9.82. The number of hydrogen-bond donors (Lipinski definition) is 0. The van der Waals surface area contributed by atoms with Crippen molar-refractivity contribution in [3.63, 3.8) is 0 Å². The zero-order valence-corrected chi connectivity index (χ0v) is 18.5. The van der Waals surface area contributed by atoms with Gasteiger partial charge >= 0.3 is 0 Å². The molecule has 0 amide bonds. The van der Waals surface area contributed by atoms with Crippen molar-refractivity contribution in [2.45, 2.75) is 22.4 Å². The Balaban J connectivity index is 2.51. The summed E-state index contributed by atoms with van der Waals surface area (Å²) in [6, 6.07) is 21.3. The molecule has 0 radical (unpaired) electrons. The monoisotopic (exact) mass is 522 g/mol. The minimum atomic E-state index is -0.318. The zero-order chi connectivity index (χ0) is 15.1. The summed E-state index contributed by atoms with van der Waals surface area (Å²) in [7, 11) is 0.716. The topological polar surface area (TPSA) is 9.23 Å². The standard InChI is InChI=1S/C17H20I2OSi/c18-13-7-12-16(19)17(20-21,14-8-3-1-4-9-14)15-10-5-2-6-11-15/h1-6,8-11,16H,7,12-13H2,21H3. The van der Waals surface area contributed by atoms with Crippen LogP contribution in [0.25, 0.3) is 0 Å². The molecule has 0 spiro atoms. The fraction of sp³-hybridized carbons (Fsp3) is 0.294. The number of alkyl halides is 2. The highest BCUT2D eigenvalue weighted by Crippen LogP contribution is 2.42. The van der Waals surface area contributed by atoms with Gasteiger partial charge in [-0.2, -0.15) is 0 Å². The van der Waals surface area contributed by atoms with E-state index in [-0.39, 0.29) is 5.60 Å². The van der Waals surface area contributed by atoms with E-state index in [9.17, 15) is 0 Å². The molecule has 0 fully saturated rings. The van der Waals surface area contributed by atoms with Crippen LogP contribution in [0.15, 0.2) is 60.7 Å². The van der Waals surface area contributed by atoms with Crippen molar-refractivity contribution in [1.29, 1.82) is 0 Å². The molecule has 0 aliphatic rings. The molecular formula is C17H20I2OSi. The second-order valence-electron chi connectivity index (χ2n) is 4.97. The van der Waals surface area contributed by atoms with Gasteiger partial charge in [0, 0.05) is 3.92 Å². The number of hydrogen-bond acceptors (Lipinski definition) is 1. The Hall–Kier alpha value is 0.0769. The van der Waals surface area contributed by atoms with E-state index in [2.05, 4.69) is 106 Å². The molecule has 0 saturated carbocycles. The minimum absolute atomic E-state index is 0.318. The fourth-order valence-electron chi connectivity index (χ4n) is 2.72. The number of halogens is 2. The average Bonchev–Trinajstić information content (AvgIpc) is 2.56. The van der Waals surface area contributed by atoms with Crippen LogP contribution in [0.3, 0.4) is 0 Å². The summed E-state index contributed by atoms with van der Waals surface area (Å²) in [5.41, 5.74) is 2.21. The summed E-state index contributed by atoms with van der Waals surface area (Å²) in [5.74, 6) is 0. The molecule has 2 rings (SSSR count). The van der Waals surface area contributed by atoms with Crippen molar-refractivity contribution in [2.24, 2.45) is 0 Å². The Kier molecular flexibility index (Phi) is 7.17. The number of rotatable bonds is 7. The molecule has 0 bridgehead atoms. The van der Waals surface area contributed by atoms with E-state index in [0.717, 1.165) is 6.42 Å². The van der Waals surface area contributed by atoms with Gasteiger partial charge in [-0.15, -0.1) is 0 Å². The molecule has 0 saturated heterocycles. The summed E-state index contributed by atoms with van der Waals surface area (Å²) in [6.45, 7) is 0. The first kappa shape index (κ1) is 17.4. The minimum Gasteiger partial charge on any atom is -0.414 e. The molecule has 0 aromatic heterocycles. The van der Waals surface area contributed by atoms with Crippen LogP contribution in [0, 0.1) is 0 Å². The van der Waals surface area contributed by atoms with Crippen LogP contribution >= 0.6 is 45.2 Å². The average molecular weight is 522 g/mol. The van der Waals surface area contributed by atoms with E-state index in [1.54, 1.807) is 0 Å². The first-order valence-corrected chi connectivity index (χ1v) is 10.7. The molecule has 1 nitrogen and oxygen atoms in total. The fourth-order valence-corrected chi connectivity index (χ4v) is 5.81. The molecule has 112 valence electrons. The van der Waals surface area contributed by atoms with Crippen molar-refractivity contribution in [1.82, 2.24) is 0 Å². The van der Waals surface area contributed by atoms with E-state index in [1.165, 1.54) is 22.0 Å².